The maximum atomic E-state index is 12.5. The number of β-amino-alcohol motifs (C(OH)–C–C–N with tert-alkyl or cyclic N) is 1. The van der Waals surface area contributed by atoms with Crippen LogP contribution in [0.1, 0.15) is 63.3 Å². The first-order chi connectivity index (χ1) is 13.7. The summed E-state index contributed by atoms with van der Waals surface area (Å²) in [6.07, 6.45) is 4.02. The Hall–Kier alpha value is -2.12. The van der Waals surface area contributed by atoms with Gasteiger partial charge in [-0.1, -0.05) is 0 Å². The SMILES string of the molecule is Cc1cc2cnn(C3CCCCO3)c2cc1[C@@H]1CN(C(=O)OC(C)(C)C)C[C@H]1O. The van der Waals surface area contributed by atoms with E-state index >= 15 is 0 Å². The molecule has 1 aromatic carbocycles. The Morgan fingerprint density at radius 3 is 2.76 bits per heavy atom. The summed E-state index contributed by atoms with van der Waals surface area (Å²) in [5, 5.41) is 16.4. The van der Waals surface area contributed by atoms with E-state index < -0.39 is 11.7 Å². The number of amides is 1. The Morgan fingerprint density at radius 2 is 2.07 bits per heavy atom. The van der Waals surface area contributed by atoms with Crippen molar-refractivity contribution in [3.8, 4) is 0 Å². The minimum Gasteiger partial charge on any atom is -0.444 e. The summed E-state index contributed by atoms with van der Waals surface area (Å²) in [6.45, 7) is 9.08. The summed E-state index contributed by atoms with van der Waals surface area (Å²) in [6, 6.07) is 4.22. The van der Waals surface area contributed by atoms with Gasteiger partial charge in [0.15, 0.2) is 6.23 Å². The van der Waals surface area contributed by atoms with Gasteiger partial charge < -0.3 is 19.5 Å². The molecule has 158 valence electrons. The summed E-state index contributed by atoms with van der Waals surface area (Å²) in [4.78, 5) is 14.1. The number of rotatable bonds is 2. The first kappa shape index (κ1) is 20.2. The molecule has 0 saturated carbocycles. The van der Waals surface area contributed by atoms with Crippen molar-refractivity contribution in [2.45, 2.75) is 70.8 Å². The van der Waals surface area contributed by atoms with Crippen LogP contribution in [-0.4, -0.2) is 57.3 Å². The third-order valence-corrected chi connectivity index (χ3v) is 5.75. The van der Waals surface area contributed by atoms with Crippen molar-refractivity contribution in [1.82, 2.24) is 14.7 Å². The van der Waals surface area contributed by atoms with Crippen LogP contribution in [0.15, 0.2) is 18.3 Å². The monoisotopic (exact) mass is 401 g/mol. The average Bonchev–Trinajstić information content (AvgIpc) is 3.23. The number of aliphatic hydroxyl groups is 1. The zero-order valence-electron chi connectivity index (χ0n) is 17.7. The standard InChI is InChI=1S/C22H31N3O4/c1-14-9-15-11-23-25(20-7-5-6-8-28-20)18(15)10-16(14)17-12-24(13-19(17)26)21(27)29-22(2,3)4/h9-11,17,19-20,26H,5-8,12-13H2,1-4H3/t17-,19+,20?/m0/s1. The third kappa shape index (κ3) is 4.12. The highest BCUT2D eigenvalue weighted by Gasteiger charge is 2.38. The second-order valence-corrected chi connectivity index (χ2v) is 9.24. The van der Waals surface area contributed by atoms with Gasteiger partial charge in [-0.3, -0.25) is 0 Å². The van der Waals surface area contributed by atoms with E-state index in [0.29, 0.717) is 6.54 Å². The van der Waals surface area contributed by atoms with Gasteiger partial charge in [-0.2, -0.15) is 5.10 Å². The summed E-state index contributed by atoms with van der Waals surface area (Å²) >= 11 is 0. The molecule has 29 heavy (non-hydrogen) atoms. The summed E-state index contributed by atoms with van der Waals surface area (Å²) < 4.78 is 13.4. The molecule has 0 aliphatic carbocycles. The molecule has 0 spiro atoms. The summed E-state index contributed by atoms with van der Waals surface area (Å²) in [5.41, 5.74) is 2.60. The van der Waals surface area contributed by atoms with Crippen molar-refractivity contribution in [3.63, 3.8) is 0 Å². The fraction of sp³-hybridized carbons (Fsp3) is 0.636. The molecule has 2 saturated heterocycles. The Bertz CT molecular complexity index is 895. The molecule has 2 aliphatic rings. The highest BCUT2D eigenvalue weighted by molar-refractivity contribution is 5.81. The number of hydrogen-bond donors (Lipinski definition) is 1. The van der Waals surface area contributed by atoms with E-state index in [0.717, 1.165) is 47.9 Å². The lowest BCUT2D eigenvalue weighted by Crippen LogP contribution is -2.35. The number of nitrogens with zero attached hydrogens (tertiary/aromatic N) is 3. The number of aryl methyl sites for hydroxylation is 1. The molecule has 0 radical (unpaired) electrons. The van der Waals surface area contributed by atoms with Crippen molar-refractivity contribution in [3.05, 3.63) is 29.5 Å². The van der Waals surface area contributed by atoms with Gasteiger partial charge in [0.05, 0.1) is 24.4 Å². The minimum absolute atomic E-state index is 0.0384. The smallest absolute Gasteiger partial charge is 0.410 e. The van der Waals surface area contributed by atoms with E-state index in [-0.39, 0.29) is 24.8 Å². The number of hydrogen-bond acceptors (Lipinski definition) is 5. The molecule has 0 bridgehead atoms. The van der Waals surface area contributed by atoms with Gasteiger partial charge in [0.2, 0.25) is 0 Å². The van der Waals surface area contributed by atoms with Gasteiger partial charge >= 0.3 is 6.09 Å². The Morgan fingerprint density at radius 1 is 1.28 bits per heavy atom. The second kappa shape index (κ2) is 7.61. The van der Waals surface area contributed by atoms with Crippen LogP contribution in [0.2, 0.25) is 0 Å². The first-order valence-electron chi connectivity index (χ1n) is 10.5. The van der Waals surface area contributed by atoms with Crippen LogP contribution in [0.4, 0.5) is 4.79 Å². The fourth-order valence-corrected chi connectivity index (χ4v) is 4.34. The predicted molar refractivity (Wildman–Crippen MR) is 110 cm³/mol. The minimum atomic E-state index is -0.624. The molecule has 1 unspecified atom stereocenters. The van der Waals surface area contributed by atoms with E-state index in [1.807, 2.05) is 38.6 Å². The van der Waals surface area contributed by atoms with Gasteiger partial charge in [-0.15, -0.1) is 0 Å². The van der Waals surface area contributed by atoms with Gasteiger partial charge in [0.1, 0.15) is 5.60 Å². The van der Waals surface area contributed by atoms with Gasteiger partial charge in [-0.05, 0) is 70.2 Å². The Kier molecular flexibility index (Phi) is 5.29. The zero-order chi connectivity index (χ0) is 20.8. The van der Waals surface area contributed by atoms with Crippen LogP contribution < -0.4 is 0 Å². The van der Waals surface area contributed by atoms with Crippen molar-refractivity contribution < 1.29 is 19.4 Å². The van der Waals surface area contributed by atoms with Crippen LogP contribution >= 0.6 is 0 Å². The number of likely N-dealkylation sites (tertiary alicyclic amines) is 1. The van der Waals surface area contributed by atoms with Crippen molar-refractivity contribution >= 4 is 17.0 Å². The molecule has 3 heterocycles. The second-order valence-electron chi connectivity index (χ2n) is 9.24. The number of benzene rings is 1. The van der Waals surface area contributed by atoms with Gasteiger partial charge in [0, 0.05) is 24.5 Å². The number of carbonyl (C=O) groups is 1. The first-order valence-corrected chi connectivity index (χ1v) is 10.5. The number of ether oxygens (including phenoxy) is 2. The number of aromatic nitrogens is 2. The lowest BCUT2D eigenvalue weighted by atomic mass is 9.91. The molecular weight excluding hydrogens is 370 g/mol. The molecule has 2 aliphatic heterocycles. The average molecular weight is 402 g/mol. The van der Waals surface area contributed by atoms with Crippen LogP contribution in [0.3, 0.4) is 0 Å². The third-order valence-electron chi connectivity index (χ3n) is 5.75. The quantitative estimate of drug-likeness (QED) is 0.830. The molecular formula is C22H31N3O4. The fourth-order valence-electron chi connectivity index (χ4n) is 4.34. The molecule has 2 aromatic rings. The highest BCUT2D eigenvalue weighted by atomic mass is 16.6. The van der Waals surface area contributed by atoms with E-state index in [1.54, 1.807) is 4.90 Å². The van der Waals surface area contributed by atoms with Crippen LogP contribution in [-0.2, 0) is 9.47 Å². The number of fused-ring (bicyclic) bond motifs is 1. The maximum absolute atomic E-state index is 12.5. The molecule has 2 fully saturated rings. The van der Waals surface area contributed by atoms with Crippen molar-refractivity contribution in [2.24, 2.45) is 0 Å². The molecule has 1 amide bonds. The lowest BCUT2D eigenvalue weighted by molar-refractivity contribution is -0.0366. The summed E-state index contributed by atoms with van der Waals surface area (Å²) in [7, 11) is 0. The number of aliphatic hydroxyl groups excluding tert-OH is 1. The maximum Gasteiger partial charge on any atom is 0.410 e. The largest absolute Gasteiger partial charge is 0.444 e. The molecule has 7 heteroatoms. The van der Waals surface area contributed by atoms with Crippen LogP contribution in [0.5, 0.6) is 0 Å². The molecule has 3 atom stereocenters. The predicted octanol–water partition coefficient (Wildman–Crippen LogP) is 3.74. The lowest BCUT2D eigenvalue weighted by Gasteiger charge is -2.25. The summed E-state index contributed by atoms with van der Waals surface area (Å²) in [5.74, 6) is -0.150. The van der Waals surface area contributed by atoms with E-state index in [1.165, 1.54) is 0 Å². The van der Waals surface area contributed by atoms with Crippen molar-refractivity contribution in [2.75, 3.05) is 19.7 Å². The zero-order valence-corrected chi connectivity index (χ0v) is 17.7. The topological polar surface area (TPSA) is 76.8 Å². The van der Waals surface area contributed by atoms with Gasteiger partial charge in [-0.25, -0.2) is 9.48 Å². The Labute approximate surface area is 171 Å². The van der Waals surface area contributed by atoms with E-state index in [9.17, 15) is 9.90 Å². The normalized spacial score (nSPS) is 25.6. The highest BCUT2D eigenvalue weighted by Crippen LogP contribution is 2.34. The van der Waals surface area contributed by atoms with E-state index in [4.69, 9.17) is 9.47 Å². The van der Waals surface area contributed by atoms with E-state index in [2.05, 4.69) is 17.2 Å². The Balaban J connectivity index is 1.61. The van der Waals surface area contributed by atoms with Crippen molar-refractivity contribution in [1.29, 1.82) is 0 Å². The molecule has 1 aromatic heterocycles. The molecule has 4 rings (SSSR count). The van der Waals surface area contributed by atoms with Crippen LogP contribution in [0, 0.1) is 6.92 Å². The molecule has 1 N–H and O–H groups in total. The van der Waals surface area contributed by atoms with Gasteiger partial charge in [0.25, 0.3) is 0 Å². The van der Waals surface area contributed by atoms with Crippen LogP contribution in [0.25, 0.3) is 10.9 Å². The molecule has 7 nitrogen and oxygen atoms in total. The number of carbonyl (C=O) groups excluding carboxylic acids is 1.